The minimum atomic E-state index is -1.97. The fourth-order valence-electron chi connectivity index (χ4n) is 1.11. The predicted octanol–water partition coefficient (Wildman–Crippen LogP) is 1.05. The van der Waals surface area contributed by atoms with Gasteiger partial charge < -0.3 is 21.1 Å². The summed E-state index contributed by atoms with van der Waals surface area (Å²) in [6.45, 7) is 0. The van der Waals surface area contributed by atoms with E-state index < -0.39 is 18.2 Å². The second-order valence-electron chi connectivity index (χ2n) is 3.12. The number of hydrogen-bond donors (Lipinski definition) is 4. The third kappa shape index (κ3) is 2.56. The maximum atomic E-state index is 10.5. The summed E-state index contributed by atoms with van der Waals surface area (Å²) in [5.74, 6) is -1.56. The van der Waals surface area contributed by atoms with Crippen LogP contribution in [0.2, 0.25) is 10.0 Å². The number of carbonyl (C=O) groups is 1. The molecule has 0 aliphatic carbocycles. The van der Waals surface area contributed by atoms with E-state index in [0.717, 1.165) is 0 Å². The lowest BCUT2D eigenvalue weighted by atomic mass is 10.0. The Balaban J connectivity index is 3.13. The molecule has 2 atom stereocenters. The summed E-state index contributed by atoms with van der Waals surface area (Å²) in [7, 11) is 0. The molecule has 1 aromatic carbocycles. The van der Waals surface area contributed by atoms with Crippen molar-refractivity contribution in [2.24, 2.45) is 0 Å². The van der Waals surface area contributed by atoms with Crippen LogP contribution in [0.4, 0.5) is 5.69 Å². The number of halogens is 2. The zero-order valence-corrected chi connectivity index (χ0v) is 9.40. The first-order chi connectivity index (χ1) is 7.34. The van der Waals surface area contributed by atoms with E-state index in [-0.39, 0.29) is 21.3 Å². The van der Waals surface area contributed by atoms with Gasteiger partial charge in [0.05, 0.1) is 10.7 Å². The van der Waals surface area contributed by atoms with Crippen LogP contribution in [0.25, 0.3) is 0 Å². The van der Waals surface area contributed by atoms with Gasteiger partial charge in [-0.05, 0) is 12.1 Å². The molecule has 0 fully saturated rings. The molecule has 0 aromatic heterocycles. The van der Waals surface area contributed by atoms with E-state index in [1.165, 1.54) is 12.1 Å². The average Bonchev–Trinajstić information content (AvgIpc) is 2.21. The van der Waals surface area contributed by atoms with Crippen molar-refractivity contribution in [2.75, 3.05) is 5.73 Å². The number of anilines is 1. The Morgan fingerprint density at radius 3 is 2.31 bits per heavy atom. The van der Waals surface area contributed by atoms with Gasteiger partial charge in [0.15, 0.2) is 6.10 Å². The van der Waals surface area contributed by atoms with E-state index in [9.17, 15) is 9.90 Å². The quantitative estimate of drug-likeness (QED) is 0.612. The standard InChI is InChI=1S/C9H9Cl2NO4/c10-4-2-6(12)5(11)1-3(4)7(13)8(14)9(15)16/h1-2,7-8,13-14H,12H2,(H,15,16). The van der Waals surface area contributed by atoms with Crippen LogP contribution in [0.3, 0.4) is 0 Å². The molecule has 0 radical (unpaired) electrons. The summed E-state index contributed by atoms with van der Waals surface area (Å²) in [6.07, 6.45) is -3.64. The first kappa shape index (κ1) is 13.1. The fraction of sp³-hybridized carbons (Fsp3) is 0.222. The van der Waals surface area contributed by atoms with Crippen molar-refractivity contribution in [1.82, 2.24) is 0 Å². The van der Waals surface area contributed by atoms with Gasteiger partial charge in [0, 0.05) is 10.6 Å². The Hall–Kier alpha value is -1.01. The van der Waals surface area contributed by atoms with Crippen molar-refractivity contribution in [2.45, 2.75) is 12.2 Å². The molecule has 0 saturated heterocycles. The van der Waals surface area contributed by atoms with Gasteiger partial charge in [-0.2, -0.15) is 0 Å². The second kappa shape index (κ2) is 4.88. The fourth-order valence-corrected chi connectivity index (χ4v) is 1.57. The van der Waals surface area contributed by atoms with Crippen molar-refractivity contribution in [3.8, 4) is 0 Å². The van der Waals surface area contributed by atoms with Gasteiger partial charge in [-0.3, -0.25) is 0 Å². The van der Waals surface area contributed by atoms with Gasteiger partial charge in [0.2, 0.25) is 0 Å². The van der Waals surface area contributed by atoms with Crippen LogP contribution in [0, 0.1) is 0 Å². The van der Waals surface area contributed by atoms with Crippen LogP contribution in [0.1, 0.15) is 11.7 Å². The monoisotopic (exact) mass is 265 g/mol. The van der Waals surface area contributed by atoms with Crippen molar-refractivity contribution < 1.29 is 20.1 Å². The molecule has 0 aliphatic heterocycles. The molecule has 0 heterocycles. The van der Waals surface area contributed by atoms with E-state index in [1.54, 1.807) is 0 Å². The Morgan fingerprint density at radius 1 is 1.25 bits per heavy atom. The van der Waals surface area contributed by atoms with Gasteiger partial charge in [0.1, 0.15) is 6.10 Å². The van der Waals surface area contributed by atoms with E-state index in [4.69, 9.17) is 39.1 Å². The van der Waals surface area contributed by atoms with E-state index in [1.807, 2.05) is 0 Å². The molecule has 1 rings (SSSR count). The SMILES string of the molecule is Nc1cc(Cl)c(C(O)C(O)C(=O)O)cc1Cl. The van der Waals surface area contributed by atoms with Crippen LogP contribution >= 0.6 is 23.2 Å². The lowest BCUT2D eigenvalue weighted by Crippen LogP contribution is -2.27. The summed E-state index contributed by atoms with van der Waals surface area (Å²) in [6, 6.07) is 2.49. The van der Waals surface area contributed by atoms with Gasteiger partial charge in [-0.1, -0.05) is 23.2 Å². The van der Waals surface area contributed by atoms with Gasteiger partial charge >= 0.3 is 5.97 Å². The first-order valence-electron chi connectivity index (χ1n) is 4.18. The molecule has 5 N–H and O–H groups in total. The van der Waals surface area contributed by atoms with Crippen molar-refractivity contribution in [1.29, 1.82) is 0 Å². The van der Waals surface area contributed by atoms with Gasteiger partial charge in [0.25, 0.3) is 0 Å². The third-order valence-corrected chi connectivity index (χ3v) is 2.64. The lowest BCUT2D eigenvalue weighted by molar-refractivity contribution is -0.153. The average molecular weight is 266 g/mol. The highest BCUT2D eigenvalue weighted by Gasteiger charge is 2.27. The number of benzene rings is 1. The van der Waals surface area contributed by atoms with Crippen LogP contribution in [-0.2, 0) is 4.79 Å². The molecular formula is C9H9Cl2NO4. The summed E-state index contributed by atoms with van der Waals surface area (Å²) >= 11 is 11.4. The number of nitrogens with two attached hydrogens (primary N) is 1. The number of rotatable bonds is 3. The number of aliphatic carboxylic acids is 1. The van der Waals surface area contributed by atoms with Crippen molar-refractivity contribution >= 4 is 34.9 Å². The highest BCUT2D eigenvalue weighted by Crippen LogP contribution is 2.32. The molecule has 0 amide bonds. The van der Waals surface area contributed by atoms with Crippen molar-refractivity contribution in [3.05, 3.63) is 27.7 Å². The summed E-state index contributed by atoms with van der Waals surface area (Å²) in [5, 5.41) is 27.4. The zero-order chi connectivity index (χ0) is 12.5. The molecule has 0 spiro atoms. The number of nitrogen functional groups attached to an aromatic ring is 1. The highest BCUT2D eigenvalue weighted by atomic mass is 35.5. The van der Waals surface area contributed by atoms with E-state index >= 15 is 0 Å². The molecular weight excluding hydrogens is 257 g/mol. The molecule has 7 heteroatoms. The van der Waals surface area contributed by atoms with E-state index in [0.29, 0.717) is 0 Å². The Labute approximate surface area is 101 Å². The maximum Gasteiger partial charge on any atom is 0.335 e. The number of carboxylic acids is 1. The van der Waals surface area contributed by atoms with Gasteiger partial charge in [-0.25, -0.2) is 4.79 Å². The summed E-state index contributed by atoms with van der Waals surface area (Å²) in [4.78, 5) is 10.5. The zero-order valence-electron chi connectivity index (χ0n) is 7.89. The molecule has 0 aliphatic rings. The van der Waals surface area contributed by atoms with Crippen LogP contribution < -0.4 is 5.73 Å². The van der Waals surface area contributed by atoms with Crippen molar-refractivity contribution in [3.63, 3.8) is 0 Å². The molecule has 5 nitrogen and oxygen atoms in total. The summed E-state index contributed by atoms with van der Waals surface area (Å²) < 4.78 is 0. The smallest absolute Gasteiger partial charge is 0.335 e. The summed E-state index contributed by atoms with van der Waals surface area (Å²) in [5.41, 5.74) is 5.66. The molecule has 0 saturated carbocycles. The number of aliphatic hydroxyl groups excluding tert-OH is 2. The first-order valence-corrected chi connectivity index (χ1v) is 4.93. The molecule has 88 valence electrons. The minimum Gasteiger partial charge on any atom is -0.479 e. The minimum absolute atomic E-state index is 0.00997. The van der Waals surface area contributed by atoms with Crippen LogP contribution in [-0.4, -0.2) is 27.4 Å². The van der Waals surface area contributed by atoms with Crippen LogP contribution in [0.15, 0.2) is 12.1 Å². The topological polar surface area (TPSA) is 104 Å². The second-order valence-corrected chi connectivity index (χ2v) is 3.94. The third-order valence-electron chi connectivity index (χ3n) is 1.99. The van der Waals surface area contributed by atoms with Gasteiger partial charge in [-0.15, -0.1) is 0 Å². The molecule has 2 unspecified atom stereocenters. The molecule has 16 heavy (non-hydrogen) atoms. The predicted molar refractivity (Wildman–Crippen MR) is 59.5 cm³/mol. The number of aliphatic hydroxyl groups is 2. The van der Waals surface area contributed by atoms with E-state index in [2.05, 4.69) is 0 Å². The van der Waals surface area contributed by atoms with Crippen LogP contribution in [0.5, 0.6) is 0 Å². The Kier molecular flexibility index (Phi) is 3.98. The number of carboxylic acid groups (broad SMARTS) is 1. The maximum absolute atomic E-state index is 10.5. The molecule has 1 aromatic rings. The Bertz CT molecular complexity index is 424. The number of hydrogen-bond acceptors (Lipinski definition) is 4. The normalized spacial score (nSPS) is 14.5. The lowest BCUT2D eigenvalue weighted by Gasteiger charge is -2.16. The molecule has 0 bridgehead atoms. The highest BCUT2D eigenvalue weighted by molar-refractivity contribution is 6.35. The largest absolute Gasteiger partial charge is 0.479 e. The Morgan fingerprint density at radius 2 is 1.81 bits per heavy atom.